The molecule has 0 bridgehead atoms. The van der Waals surface area contributed by atoms with Crippen LogP contribution >= 0.6 is 0 Å². The first-order valence-electron chi connectivity index (χ1n) is 9.35. The van der Waals surface area contributed by atoms with Crippen LogP contribution in [-0.2, 0) is 4.79 Å². The molecular formula is C19H35NO2. The molecule has 3 nitrogen and oxygen atoms in total. The molecule has 0 aromatic carbocycles. The predicted molar refractivity (Wildman–Crippen MR) is 92.8 cm³/mol. The second-order valence-corrected chi connectivity index (χ2v) is 6.54. The zero-order valence-corrected chi connectivity index (χ0v) is 14.4. The van der Waals surface area contributed by atoms with Gasteiger partial charge in [-0.15, -0.1) is 0 Å². The van der Waals surface area contributed by atoms with Crippen LogP contribution in [0, 0.1) is 0 Å². The lowest BCUT2D eigenvalue weighted by Gasteiger charge is -2.26. The van der Waals surface area contributed by atoms with Crippen molar-refractivity contribution in [3.63, 3.8) is 0 Å². The van der Waals surface area contributed by atoms with E-state index in [4.69, 9.17) is 0 Å². The lowest BCUT2D eigenvalue weighted by Crippen LogP contribution is -2.35. The van der Waals surface area contributed by atoms with Crippen molar-refractivity contribution in [2.45, 2.75) is 90.1 Å². The Hall–Kier alpha value is -0.830. The van der Waals surface area contributed by atoms with Gasteiger partial charge in [-0.1, -0.05) is 51.2 Å². The van der Waals surface area contributed by atoms with Gasteiger partial charge in [-0.25, -0.2) is 0 Å². The molecule has 22 heavy (non-hydrogen) atoms. The third kappa shape index (κ3) is 9.24. The van der Waals surface area contributed by atoms with Gasteiger partial charge < -0.3 is 10.0 Å². The van der Waals surface area contributed by atoms with E-state index in [0.29, 0.717) is 12.3 Å². The molecule has 0 radical (unpaired) electrons. The number of aliphatic hydroxyl groups is 1. The summed E-state index contributed by atoms with van der Waals surface area (Å²) in [7, 11) is 0. The smallest absolute Gasteiger partial charge is 0.222 e. The zero-order chi connectivity index (χ0) is 16.0. The highest BCUT2D eigenvalue weighted by Crippen LogP contribution is 2.12. The average Bonchev–Trinajstić information content (AvgIpc) is 2.55. The van der Waals surface area contributed by atoms with Gasteiger partial charge >= 0.3 is 0 Å². The Balaban J connectivity index is 1.99. The number of hydrogen-bond donors (Lipinski definition) is 1. The summed E-state index contributed by atoms with van der Waals surface area (Å²) < 4.78 is 0. The van der Waals surface area contributed by atoms with Crippen LogP contribution in [0.15, 0.2) is 12.2 Å². The van der Waals surface area contributed by atoms with Gasteiger partial charge in [0.1, 0.15) is 0 Å². The molecule has 1 aliphatic rings. The number of hydrogen-bond acceptors (Lipinski definition) is 2. The van der Waals surface area contributed by atoms with E-state index < -0.39 is 0 Å². The highest BCUT2D eigenvalue weighted by atomic mass is 16.3. The minimum atomic E-state index is -0.212. The monoisotopic (exact) mass is 309 g/mol. The minimum Gasteiger partial charge on any atom is -0.393 e. The van der Waals surface area contributed by atoms with Gasteiger partial charge in [0.25, 0.3) is 0 Å². The minimum absolute atomic E-state index is 0.212. The van der Waals surface area contributed by atoms with E-state index in [2.05, 4.69) is 13.0 Å². The van der Waals surface area contributed by atoms with Crippen LogP contribution in [0.4, 0.5) is 0 Å². The van der Waals surface area contributed by atoms with Gasteiger partial charge in [-0.2, -0.15) is 0 Å². The first-order valence-corrected chi connectivity index (χ1v) is 9.35. The van der Waals surface area contributed by atoms with Crippen molar-refractivity contribution in [1.82, 2.24) is 4.90 Å². The van der Waals surface area contributed by atoms with Gasteiger partial charge in [0, 0.05) is 19.5 Å². The first-order chi connectivity index (χ1) is 10.7. The summed E-state index contributed by atoms with van der Waals surface area (Å²) in [5.41, 5.74) is 0. The average molecular weight is 309 g/mol. The quantitative estimate of drug-likeness (QED) is 0.452. The first kappa shape index (κ1) is 19.2. The number of likely N-dealkylation sites (tertiary alicyclic amines) is 1. The maximum atomic E-state index is 12.0. The lowest BCUT2D eigenvalue weighted by molar-refractivity contribution is -0.131. The highest BCUT2D eigenvalue weighted by molar-refractivity contribution is 5.76. The molecule has 0 aromatic heterocycles. The van der Waals surface area contributed by atoms with Crippen molar-refractivity contribution >= 4 is 5.91 Å². The van der Waals surface area contributed by atoms with Crippen LogP contribution in [0.25, 0.3) is 0 Å². The van der Waals surface area contributed by atoms with Crippen LogP contribution in [-0.4, -0.2) is 35.1 Å². The summed E-state index contributed by atoms with van der Waals surface area (Å²) in [4.78, 5) is 14.0. The summed E-state index contributed by atoms with van der Waals surface area (Å²) in [6.45, 7) is 4.11. The van der Waals surface area contributed by atoms with Crippen LogP contribution in [0.2, 0.25) is 0 Å². The standard InChI is InChI=1S/C19H35NO2/c1-2-3-4-5-8-13-18(21)14-9-6-10-15-19(22)20-16-11-7-12-17-20/h6,9,18,21H,2-5,7-8,10-17H2,1H3/b9-6+/t18-/m0/s1. The highest BCUT2D eigenvalue weighted by Gasteiger charge is 2.14. The molecular weight excluding hydrogens is 274 g/mol. The number of unbranched alkanes of at least 4 members (excludes halogenated alkanes) is 4. The molecule has 1 N–H and O–H groups in total. The molecule has 3 heteroatoms. The molecule has 128 valence electrons. The predicted octanol–water partition coefficient (Wildman–Crippen LogP) is 4.45. The van der Waals surface area contributed by atoms with Gasteiger partial charge in [0.15, 0.2) is 0 Å². The summed E-state index contributed by atoms with van der Waals surface area (Å²) in [5.74, 6) is 0.292. The van der Waals surface area contributed by atoms with E-state index in [1.807, 2.05) is 11.0 Å². The second-order valence-electron chi connectivity index (χ2n) is 6.54. The van der Waals surface area contributed by atoms with E-state index in [-0.39, 0.29) is 6.10 Å². The van der Waals surface area contributed by atoms with Crippen LogP contribution in [0.3, 0.4) is 0 Å². The molecule has 1 saturated heterocycles. The molecule has 0 aliphatic carbocycles. The summed E-state index contributed by atoms with van der Waals surface area (Å²) in [6, 6.07) is 0. The molecule has 0 unspecified atom stereocenters. The number of aliphatic hydroxyl groups excluding tert-OH is 1. The fraction of sp³-hybridized carbons (Fsp3) is 0.842. The summed E-state index contributed by atoms with van der Waals surface area (Å²) in [5, 5.41) is 9.89. The summed E-state index contributed by atoms with van der Waals surface area (Å²) in [6.07, 6.45) is 16.7. The Morgan fingerprint density at radius 3 is 2.55 bits per heavy atom. The Morgan fingerprint density at radius 2 is 1.82 bits per heavy atom. The molecule has 1 aliphatic heterocycles. The third-order valence-corrected chi connectivity index (χ3v) is 4.45. The molecule has 1 fully saturated rings. The molecule has 1 atom stereocenters. The number of piperidine rings is 1. The second kappa shape index (κ2) is 12.7. The molecule has 0 spiro atoms. The van der Waals surface area contributed by atoms with E-state index in [1.54, 1.807) is 0 Å². The normalized spacial score (nSPS) is 17.1. The van der Waals surface area contributed by atoms with E-state index in [1.165, 1.54) is 32.1 Å². The number of allylic oxidation sites excluding steroid dienone is 1. The fourth-order valence-corrected chi connectivity index (χ4v) is 2.98. The van der Waals surface area contributed by atoms with E-state index in [9.17, 15) is 9.90 Å². The molecule has 1 heterocycles. The number of nitrogens with zero attached hydrogens (tertiary/aromatic N) is 1. The maximum Gasteiger partial charge on any atom is 0.222 e. The molecule has 0 aromatic rings. The van der Waals surface area contributed by atoms with Crippen molar-refractivity contribution in [2.75, 3.05) is 13.1 Å². The van der Waals surface area contributed by atoms with Crippen molar-refractivity contribution in [2.24, 2.45) is 0 Å². The van der Waals surface area contributed by atoms with Crippen LogP contribution < -0.4 is 0 Å². The topological polar surface area (TPSA) is 40.5 Å². The van der Waals surface area contributed by atoms with Crippen LogP contribution in [0.5, 0.6) is 0 Å². The number of amides is 1. The van der Waals surface area contributed by atoms with Crippen molar-refractivity contribution < 1.29 is 9.90 Å². The summed E-state index contributed by atoms with van der Waals surface area (Å²) >= 11 is 0. The van der Waals surface area contributed by atoms with Gasteiger partial charge in [0.2, 0.25) is 5.91 Å². The maximum absolute atomic E-state index is 12.0. The lowest BCUT2D eigenvalue weighted by atomic mass is 10.1. The van der Waals surface area contributed by atoms with Gasteiger partial charge in [-0.05, 0) is 38.5 Å². The fourth-order valence-electron chi connectivity index (χ4n) is 2.98. The van der Waals surface area contributed by atoms with Crippen molar-refractivity contribution in [3.8, 4) is 0 Å². The van der Waals surface area contributed by atoms with E-state index in [0.717, 1.165) is 51.6 Å². The Labute approximate surface area is 136 Å². The van der Waals surface area contributed by atoms with Crippen molar-refractivity contribution in [3.05, 3.63) is 12.2 Å². The van der Waals surface area contributed by atoms with Crippen molar-refractivity contribution in [1.29, 1.82) is 0 Å². The molecule has 0 saturated carbocycles. The number of carbonyl (C=O) groups excluding carboxylic acids is 1. The molecule has 1 rings (SSSR count). The third-order valence-electron chi connectivity index (χ3n) is 4.45. The Bertz CT molecular complexity index is 309. The largest absolute Gasteiger partial charge is 0.393 e. The Kier molecular flexibility index (Phi) is 11.1. The molecule has 1 amide bonds. The van der Waals surface area contributed by atoms with E-state index >= 15 is 0 Å². The SMILES string of the molecule is CCCCCCC[C@H](O)C/C=C/CCC(=O)N1CCCCC1. The van der Waals surface area contributed by atoms with Crippen LogP contribution in [0.1, 0.15) is 84.0 Å². The zero-order valence-electron chi connectivity index (χ0n) is 14.4. The van der Waals surface area contributed by atoms with Gasteiger partial charge in [0.05, 0.1) is 6.10 Å². The van der Waals surface area contributed by atoms with Gasteiger partial charge in [-0.3, -0.25) is 4.79 Å². The number of rotatable bonds is 11. The Morgan fingerprint density at radius 1 is 1.09 bits per heavy atom. The number of carbonyl (C=O) groups is 1.